The van der Waals surface area contributed by atoms with Crippen molar-refractivity contribution < 1.29 is 24.2 Å². The quantitative estimate of drug-likeness (QED) is 0.665. The van der Waals surface area contributed by atoms with E-state index in [9.17, 15) is 14.7 Å². The van der Waals surface area contributed by atoms with Crippen molar-refractivity contribution in [3.8, 4) is 22.6 Å². The molecule has 0 saturated carbocycles. The smallest absolute Gasteiger partial charge is 0.306 e. The van der Waals surface area contributed by atoms with Crippen LogP contribution in [0.3, 0.4) is 0 Å². The van der Waals surface area contributed by atoms with Gasteiger partial charge < -0.3 is 19.4 Å². The second kappa shape index (κ2) is 8.20. The fraction of sp³-hybridized carbons (Fsp3) is 0.304. The summed E-state index contributed by atoms with van der Waals surface area (Å²) in [5, 5.41) is 20.0. The van der Waals surface area contributed by atoms with E-state index in [0.717, 1.165) is 5.56 Å². The zero-order valence-corrected chi connectivity index (χ0v) is 16.6. The molecule has 4 rings (SSSR count). The molecule has 0 spiro atoms. The first-order valence-electron chi connectivity index (χ1n) is 9.84. The molecule has 7 nitrogen and oxygen atoms in total. The minimum atomic E-state index is -0.764. The van der Waals surface area contributed by atoms with Gasteiger partial charge in [-0.2, -0.15) is 0 Å². The van der Waals surface area contributed by atoms with Gasteiger partial charge in [-0.15, -0.1) is 0 Å². The van der Waals surface area contributed by atoms with Crippen LogP contribution >= 0.6 is 0 Å². The number of benzene rings is 2. The largest absolute Gasteiger partial charge is 0.507 e. The van der Waals surface area contributed by atoms with Gasteiger partial charge in [0.25, 0.3) is 0 Å². The van der Waals surface area contributed by atoms with Gasteiger partial charge in [-0.1, -0.05) is 12.1 Å². The van der Waals surface area contributed by atoms with Crippen molar-refractivity contribution in [1.82, 2.24) is 4.90 Å². The van der Waals surface area contributed by atoms with Crippen LogP contribution in [0.4, 0.5) is 0 Å². The van der Waals surface area contributed by atoms with Crippen LogP contribution in [0.25, 0.3) is 22.1 Å². The molecule has 0 bridgehead atoms. The number of phenolic OH excluding ortho intramolecular Hbond substituents is 1. The van der Waals surface area contributed by atoms with E-state index in [-0.39, 0.29) is 17.1 Å². The van der Waals surface area contributed by atoms with Crippen molar-refractivity contribution in [3.05, 3.63) is 58.4 Å². The maximum atomic E-state index is 13.1. The summed E-state index contributed by atoms with van der Waals surface area (Å²) in [5.74, 6) is -0.335. The van der Waals surface area contributed by atoms with Crippen molar-refractivity contribution in [2.45, 2.75) is 19.4 Å². The summed E-state index contributed by atoms with van der Waals surface area (Å²) in [6.45, 7) is 1.61. The number of rotatable bonds is 5. The first kappa shape index (κ1) is 20.0. The second-order valence-corrected chi connectivity index (χ2v) is 7.54. The molecular formula is C23H23NO6. The molecule has 2 heterocycles. The highest BCUT2D eigenvalue weighted by atomic mass is 16.5. The molecule has 1 aliphatic heterocycles. The summed E-state index contributed by atoms with van der Waals surface area (Å²) in [4.78, 5) is 26.3. The van der Waals surface area contributed by atoms with E-state index in [2.05, 4.69) is 4.90 Å². The van der Waals surface area contributed by atoms with Crippen LogP contribution in [0.15, 0.2) is 51.9 Å². The highest BCUT2D eigenvalue weighted by Crippen LogP contribution is 2.30. The van der Waals surface area contributed by atoms with Gasteiger partial charge in [0.15, 0.2) is 0 Å². The lowest BCUT2D eigenvalue weighted by Crippen LogP contribution is -2.35. The van der Waals surface area contributed by atoms with E-state index in [0.29, 0.717) is 60.3 Å². The van der Waals surface area contributed by atoms with Crippen LogP contribution in [0.2, 0.25) is 0 Å². The average molecular weight is 409 g/mol. The summed E-state index contributed by atoms with van der Waals surface area (Å²) in [6, 6.07) is 10.2. The number of piperidine rings is 1. The third-order valence-electron chi connectivity index (χ3n) is 5.74. The number of aromatic hydroxyl groups is 1. The summed E-state index contributed by atoms with van der Waals surface area (Å²) < 4.78 is 11.0. The number of ether oxygens (including phenoxy) is 1. The Morgan fingerprint density at radius 2 is 1.87 bits per heavy atom. The Morgan fingerprint density at radius 1 is 1.17 bits per heavy atom. The molecule has 7 heteroatoms. The molecule has 2 N–H and O–H groups in total. The van der Waals surface area contributed by atoms with Gasteiger partial charge in [-0.05, 0) is 55.8 Å². The van der Waals surface area contributed by atoms with Crippen molar-refractivity contribution >= 4 is 16.9 Å². The first-order valence-corrected chi connectivity index (χ1v) is 9.84. The average Bonchev–Trinajstić information content (AvgIpc) is 2.76. The van der Waals surface area contributed by atoms with Crippen LogP contribution in [0.5, 0.6) is 11.5 Å². The normalized spacial score (nSPS) is 15.4. The van der Waals surface area contributed by atoms with Gasteiger partial charge in [0.1, 0.15) is 23.3 Å². The predicted octanol–water partition coefficient (Wildman–Crippen LogP) is 3.47. The van der Waals surface area contributed by atoms with Gasteiger partial charge in [0, 0.05) is 6.54 Å². The number of aliphatic carboxylic acids is 1. The molecule has 1 aromatic heterocycles. The molecule has 0 atom stereocenters. The number of hydrogen-bond donors (Lipinski definition) is 2. The minimum absolute atomic E-state index is 0.0585. The maximum absolute atomic E-state index is 13.1. The van der Waals surface area contributed by atoms with Crippen LogP contribution in [-0.4, -0.2) is 41.3 Å². The monoisotopic (exact) mass is 409 g/mol. The van der Waals surface area contributed by atoms with Crippen LogP contribution in [-0.2, 0) is 11.3 Å². The Hall–Kier alpha value is -3.32. The van der Waals surface area contributed by atoms with Gasteiger partial charge in [-0.25, -0.2) is 0 Å². The fourth-order valence-electron chi connectivity index (χ4n) is 3.93. The highest BCUT2D eigenvalue weighted by molar-refractivity contribution is 5.85. The van der Waals surface area contributed by atoms with E-state index in [1.807, 2.05) is 0 Å². The topological polar surface area (TPSA) is 100 Å². The molecule has 0 amide bonds. The van der Waals surface area contributed by atoms with E-state index in [1.165, 1.54) is 12.3 Å². The summed E-state index contributed by atoms with van der Waals surface area (Å²) in [7, 11) is 1.58. The molecule has 0 unspecified atom stereocenters. The summed E-state index contributed by atoms with van der Waals surface area (Å²) in [5.41, 5.74) is 1.88. The molecule has 1 aliphatic rings. The predicted molar refractivity (Wildman–Crippen MR) is 112 cm³/mol. The van der Waals surface area contributed by atoms with Gasteiger partial charge in [-0.3, -0.25) is 14.5 Å². The number of methoxy groups -OCH3 is 1. The number of carbonyl (C=O) groups is 1. The van der Waals surface area contributed by atoms with Crippen molar-refractivity contribution in [2.24, 2.45) is 5.92 Å². The molecule has 1 fully saturated rings. The third kappa shape index (κ3) is 3.76. The Kier molecular flexibility index (Phi) is 5.46. The van der Waals surface area contributed by atoms with Crippen LogP contribution in [0, 0.1) is 5.92 Å². The maximum Gasteiger partial charge on any atom is 0.306 e. The van der Waals surface area contributed by atoms with E-state index >= 15 is 0 Å². The summed E-state index contributed by atoms with van der Waals surface area (Å²) in [6.07, 6.45) is 2.55. The molecule has 3 aromatic rings. The highest BCUT2D eigenvalue weighted by Gasteiger charge is 2.26. The SMILES string of the molecule is COc1ccc(-c2coc3c(CN4CCC(C(=O)O)CC4)c(O)ccc3c2=O)cc1. The second-order valence-electron chi connectivity index (χ2n) is 7.54. The van der Waals surface area contributed by atoms with Gasteiger partial charge in [0.2, 0.25) is 5.43 Å². The molecule has 0 aliphatic carbocycles. The molecular weight excluding hydrogens is 386 g/mol. The number of carboxylic acids is 1. The summed E-state index contributed by atoms with van der Waals surface area (Å²) >= 11 is 0. The zero-order chi connectivity index (χ0) is 21.3. The number of carboxylic acid groups (broad SMARTS) is 1. The lowest BCUT2D eigenvalue weighted by Gasteiger charge is -2.30. The van der Waals surface area contributed by atoms with Crippen molar-refractivity contribution in [1.29, 1.82) is 0 Å². The van der Waals surface area contributed by atoms with Gasteiger partial charge >= 0.3 is 5.97 Å². The van der Waals surface area contributed by atoms with E-state index in [4.69, 9.17) is 14.3 Å². The number of fused-ring (bicyclic) bond motifs is 1. The fourth-order valence-corrected chi connectivity index (χ4v) is 3.93. The Bertz CT molecular complexity index is 1130. The first-order chi connectivity index (χ1) is 14.5. The van der Waals surface area contributed by atoms with Gasteiger partial charge in [0.05, 0.1) is 29.5 Å². The van der Waals surface area contributed by atoms with E-state index in [1.54, 1.807) is 37.4 Å². The number of hydrogen-bond acceptors (Lipinski definition) is 6. The van der Waals surface area contributed by atoms with Crippen LogP contribution < -0.4 is 10.2 Å². The lowest BCUT2D eigenvalue weighted by atomic mass is 9.96. The van der Waals surface area contributed by atoms with Crippen LogP contribution in [0.1, 0.15) is 18.4 Å². The van der Waals surface area contributed by atoms with Crippen molar-refractivity contribution in [2.75, 3.05) is 20.2 Å². The zero-order valence-electron chi connectivity index (χ0n) is 16.6. The van der Waals surface area contributed by atoms with Crippen molar-refractivity contribution in [3.63, 3.8) is 0 Å². The molecule has 156 valence electrons. The Balaban J connectivity index is 1.66. The molecule has 2 aromatic carbocycles. The standard InChI is InChI=1S/C23H23NO6/c1-29-16-4-2-14(3-5-16)19-13-30-22-17(21(19)26)6-7-20(25)18(22)12-24-10-8-15(9-11-24)23(27)28/h2-7,13,15,25H,8-12H2,1H3,(H,27,28). The minimum Gasteiger partial charge on any atom is -0.507 e. The van der Waals surface area contributed by atoms with E-state index < -0.39 is 5.97 Å². The lowest BCUT2D eigenvalue weighted by molar-refractivity contribution is -0.143. The third-order valence-corrected chi connectivity index (χ3v) is 5.74. The molecule has 1 saturated heterocycles. The number of likely N-dealkylation sites (tertiary alicyclic amines) is 1. The Morgan fingerprint density at radius 3 is 2.50 bits per heavy atom. The molecule has 0 radical (unpaired) electrons. The molecule has 30 heavy (non-hydrogen) atoms. The Labute approximate surface area is 173 Å². The number of phenols is 1. The number of nitrogens with zero attached hydrogens (tertiary/aromatic N) is 1.